The third-order valence-electron chi connectivity index (χ3n) is 3.51. The summed E-state index contributed by atoms with van der Waals surface area (Å²) in [5, 5.41) is 3.50. The zero-order valence-corrected chi connectivity index (χ0v) is 12.0. The Morgan fingerprint density at radius 3 is 2.56 bits per heavy atom. The van der Waals surface area contributed by atoms with Gasteiger partial charge in [0.25, 0.3) is 0 Å². The van der Waals surface area contributed by atoms with Gasteiger partial charge in [0.15, 0.2) is 0 Å². The molecule has 0 aliphatic heterocycles. The molecule has 18 heavy (non-hydrogen) atoms. The lowest BCUT2D eigenvalue weighted by atomic mass is 9.84. The first kappa shape index (κ1) is 15.2. The monoisotopic (exact) mass is 249 g/mol. The van der Waals surface area contributed by atoms with Gasteiger partial charge in [-0.3, -0.25) is 0 Å². The van der Waals surface area contributed by atoms with Crippen LogP contribution in [0, 0.1) is 5.92 Å². The first-order chi connectivity index (χ1) is 8.79. The maximum Gasteiger partial charge on any atom is 0.0587 e. The molecule has 0 radical (unpaired) electrons. The minimum absolute atomic E-state index is 0.600. The first-order valence-corrected chi connectivity index (χ1v) is 7.04. The van der Waals surface area contributed by atoms with Gasteiger partial charge >= 0.3 is 0 Å². The number of hydrogen-bond acceptors (Lipinski definition) is 2. The van der Waals surface area contributed by atoms with Crippen molar-refractivity contribution in [2.45, 2.75) is 32.6 Å². The van der Waals surface area contributed by atoms with Crippen molar-refractivity contribution in [3.63, 3.8) is 0 Å². The number of ether oxygens (including phenoxy) is 1. The van der Waals surface area contributed by atoms with Crippen LogP contribution in [0.2, 0.25) is 0 Å². The van der Waals surface area contributed by atoms with E-state index in [1.54, 1.807) is 7.11 Å². The van der Waals surface area contributed by atoms with Crippen LogP contribution in [0.3, 0.4) is 0 Å². The predicted molar refractivity (Wildman–Crippen MR) is 78.0 cm³/mol. The molecule has 0 saturated heterocycles. The Hall–Kier alpha value is -0.860. The lowest BCUT2D eigenvalue weighted by molar-refractivity contribution is 0.198. The minimum Gasteiger partial charge on any atom is -0.383 e. The van der Waals surface area contributed by atoms with Crippen molar-refractivity contribution < 1.29 is 4.74 Å². The van der Waals surface area contributed by atoms with Crippen molar-refractivity contribution in [3.05, 3.63) is 35.9 Å². The topological polar surface area (TPSA) is 21.3 Å². The lowest BCUT2D eigenvalue weighted by Crippen LogP contribution is -2.28. The molecule has 0 spiro atoms. The molecule has 0 fully saturated rings. The van der Waals surface area contributed by atoms with E-state index in [-0.39, 0.29) is 0 Å². The molecule has 0 heterocycles. The van der Waals surface area contributed by atoms with Gasteiger partial charge in [-0.05, 0) is 17.4 Å². The Morgan fingerprint density at radius 2 is 1.94 bits per heavy atom. The highest BCUT2D eigenvalue weighted by Gasteiger charge is 2.17. The lowest BCUT2D eigenvalue weighted by Gasteiger charge is -2.24. The minimum atomic E-state index is 0.600. The van der Waals surface area contributed by atoms with Gasteiger partial charge in [0.05, 0.1) is 6.61 Å². The van der Waals surface area contributed by atoms with Gasteiger partial charge in [-0.1, -0.05) is 57.0 Å². The number of nitrogens with one attached hydrogen (secondary N) is 1. The largest absolute Gasteiger partial charge is 0.383 e. The summed E-state index contributed by atoms with van der Waals surface area (Å²) in [5.41, 5.74) is 1.45. The highest BCUT2D eigenvalue weighted by molar-refractivity contribution is 5.20. The maximum absolute atomic E-state index is 5.07. The molecule has 0 saturated carbocycles. The predicted octanol–water partition coefficient (Wildman–Crippen LogP) is 3.44. The van der Waals surface area contributed by atoms with E-state index in [1.807, 2.05) is 0 Å². The zero-order valence-electron chi connectivity index (χ0n) is 12.0. The average molecular weight is 249 g/mol. The summed E-state index contributed by atoms with van der Waals surface area (Å²) in [5.74, 6) is 1.32. The third kappa shape index (κ3) is 5.19. The number of methoxy groups -OCH3 is 1. The van der Waals surface area contributed by atoms with E-state index in [1.165, 1.54) is 18.4 Å². The molecular formula is C16H27NO. The second kappa shape index (κ2) is 9.12. The fourth-order valence-corrected chi connectivity index (χ4v) is 2.44. The van der Waals surface area contributed by atoms with E-state index in [4.69, 9.17) is 4.74 Å². The molecule has 2 unspecified atom stereocenters. The summed E-state index contributed by atoms with van der Waals surface area (Å²) >= 11 is 0. The molecule has 1 aromatic rings. The van der Waals surface area contributed by atoms with Crippen LogP contribution in [0.15, 0.2) is 30.3 Å². The van der Waals surface area contributed by atoms with Gasteiger partial charge in [-0.25, -0.2) is 0 Å². The van der Waals surface area contributed by atoms with E-state index in [0.717, 1.165) is 19.7 Å². The fraction of sp³-hybridized carbons (Fsp3) is 0.625. The SMILES string of the molecule is CCCC(C)C(CNCCOC)c1ccccc1. The van der Waals surface area contributed by atoms with Crippen LogP contribution in [0.5, 0.6) is 0 Å². The van der Waals surface area contributed by atoms with Crippen molar-refractivity contribution in [1.82, 2.24) is 5.32 Å². The summed E-state index contributed by atoms with van der Waals surface area (Å²) in [6.07, 6.45) is 2.54. The highest BCUT2D eigenvalue weighted by Crippen LogP contribution is 2.27. The molecule has 1 rings (SSSR count). The summed E-state index contributed by atoms with van der Waals surface area (Å²) in [4.78, 5) is 0. The molecule has 0 aliphatic rings. The van der Waals surface area contributed by atoms with Crippen LogP contribution in [0.25, 0.3) is 0 Å². The Bertz CT molecular complexity index is 299. The number of rotatable bonds is 9. The second-order valence-corrected chi connectivity index (χ2v) is 4.98. The molecule has 2 atom stereocenters. The summed E-state index contributed by atoms with van der Waals surface area (Å²) in [6.45, 7) is 7.37. The molecule has 2 nitrogen and oxygen atoms in total. The van der Waals surface area contributed by atoms with Crippen molar-refractivity contribution >= 4 is 0 Å². The molecule has 0 bridgehead atoms. The van der Waals surface area contributed by atoms with Crippen LogP contribution in [0.4, 0.5) is 0 Å². The van der Waals surface area contributed by atoms with Crippen LogP contribution >= 0.6 is 0 Å². The molecule has 0 aliphatic carbocycles. The van der Waals surface area contributed by atoms with Crippen molar-refractivity contribution in [1.29, 1.82) is 0 Å². The second-order valence-electron chi connectivity index (χ2n) is 4.98. The number of benzene rings is 1. The van der Waals surface area contributed by atoms with Gasteiger partial charge < -0.3 is 10.1 Å². The van der Waals surface area contributed by atoms with E-state index >= 15 is 0 Å². The van der Waals surface area contributed by atoms with Gasteiger partial charge in [0.1, 0.15) is 0 Å². The molecular weight excluding hydrogens is 222 g/mol. The van der Waals surface area contributed by atoms with Crippen LogP contribution in [-0.2, 0) is 4.74 Å². The molecule has 1 aromatic carbocycles. The average Bonchev–Trinajstić information content (AvgIpc) is 2.40. The van der Waals surface area contributed by atoms with Gasteiger partial charge in [-0.15, -0.1) is 0 Å². The van der Waals surface area contributed by atoms with Crippen LogP contribution in [-0.4, -0.2) is 26.8 Å². The van der Waals surface area contributed by atoms with E-state index in [9.17, 15) is 0 Å². The summed E-state index contributed by atoms with van der Waals surface area (Å²) in [7, 11) is 1.75. The Morgan fingerprint density at radius 1 is 1.22 bits per heavy atom. The molecule has 102 valence electrons. The first-order valence-electron chi connectivity index (χ1n) is 7.04. The van der Waals surface area contributed by atoms with E-state index in [2.05, 4.69) is 49.5 Å². The van der Waals surface area contributed by atoms with Crippen molar-refractivity contribution in [2.75, 3.05) is 26.8 Å². The van der Waals surface area contributed by atoms with Crippen molar-refractivity contribution in [2.24, 2.45) is 5.92 Å². The molecule has 0 amide bonds. The summed E-state index contributed by atoms with van der Waals surface area (Å²) < 4.78 is 5.07. The maximum atomic E-state index is 5.07. The standard InChI is InChI=1S/C16H27NO/c1-4-8-14(2)16(13-17-11-12-18-3)15-9-6-5-7-10-15/h5-7,9-10,14,16-17H,4,8,11-13H2,1-3H3. The fourth-order valence-electron chi connectivity index (χ4n) is 2.44. The smallest absolute Gasteiger partial charge is 0.0587 e. The zero-order chi connectivity index (χ0) is 13.2. The van der Waals surface area contributed by atoms with E-state index < -0.39 is 0 Å². The highest BCUT2D eigenvalue weighted by atomic mass is 16.5. The molecule has 0 aromatic heterocycles. The Kier molecular flexibility index (Phi) is 7.70. The molecule has 1 N–H and O–H groups in total. The Balaban J connectivity index is 2.58. The molecule has 2 heteroatoms. The van der Waals surface area contributed by atoms with Crippen molar-refractivity contribution in [3.8, 4) is 0 Å². The third-order valence-corrected chi connectivity index (χ3v) is 3.51. The van der Waals surface area contributed by atoms with E-state index in [0.29, 0.717) is 11.8 Å². The van der Waals surface area contributed by atoms with Crippen LogP contribution in [0.1, 0.15) is 38.2 Å². The van der Waals surface area contributed by atoms with Gasteiger partial charge in [0.2, 0.25) is 0 Å². The van der Waals surface area contributed by atoms with Gasteiger partial charge in [0, 0.05) is 20.2 Å². The van der Waals surface area contributed by atoms with Crippen LogP contribution < -0.4 is 5.32 Å². The quantitative estimate of drug-likeness (QED) is 0.677. The normalized spacial score (nSPS) is 14.4. The Labute approximate surface area is 112 Å². The van der Waals surface area contributed by atoms with Gasteiger partial charge in [-0.2, -0.15) is 0 Å². The summed E-state index contributed by atoms with van der Waals surface area (Å²) in [6, 6.07) is 10.8. The number of hydrogen-bond donors (Lipinski definition) is 1.